The lowest BCUT2D eigenvalue weighted by atomic mass is 10.2. The number of ether oxygens (including phenoxy) is 1. The van der Waals surface area contributed by atoms with Crippen LogP contribution < -0.4 is 4.90 Å². The van der Waals surface area contributed by atoms with Gasteiger partial charge in [0.05, 0.1) is 24.4 Å². The van der Waals surface area contributed by atoms with E-state index in [1.807, 2.05) is 0 Å². The van der Waals surface area contributed by atoms with E-state index in [0.717, 1.165) is 25.3 Å². The molecule has 6 nitrogen and oxygen atoms in total. The van der Waals surface area contributed by atoms with E-state index in [1.54, 1.807) is 12.3 Å². The van der Waals surface area contributed by atoms with Crippen molar-refractivity contribution in [3.8, 4) is 0 Å². The van der Waals surface area contributed by atoms with Gasteiger partial charge in [0.2, 0.25) is 0 Å². The smallest absolute Gasteiger partial charge is 0.363 e. The van der Waals surface area contributed by atoms with Crippen molar-refractivity contribution in [2.45, 2.75) is 18.6 Å². The molecule has 1 aromatic heterocycles. The molecule has 2 aliphatic heterocycles. The van der Waals surface area contributed by atoms with Crippen molar-refractivity contribution in [3.05, 3.63) is 28.4 Å². The number of morpholine rings is 1. The summed E-state index contributed by atoms with van der Waals surface area (Å²) in [5, 5.41) is 10.5. The van der Waals surface area contributed by atoms with Crippen LogP contribution in [0.15, 0.2) is 18.3 Å². The van der Waals surface area contributed by atoms with Gasteiger partial charge in [-0.2, -0.15) is 0 Å². The summed E-state index contributed by atoms with van der Waals surface area (Å²) in [6.45, 7) is 1.62. The minimum absolute atomic E-state index is 0.107. The van der Waals surface area contributed by atoms with E-state index in [4.69, 9.17) is 4.74 Å². The van der Waals surface area contributed by atoms with Gasteiger partial charge in [-0.1, -0.05) is 0 Å². The van der Waals surface area contributed by atoms with Gasteiger partial charge in [-0.05, 0) is 22.4 Å². The first kappa shape index (κ1) is 9.53. The molecular formula is C10H11N3O3. The second-order valence-electron chi connectivity index (χ2n) is 4.13. The van der Waals surface area contributed by atoms with Gasteiger partial charge in [-0.15, -0.1) is 0 Å². The SMILES string of the molecule is O=[N+]([O-])c1ccc(N2C[C@H]3C[C@@H]2CO3)cn1. The second kappa shape index (κ2) is 3.41. The molecule has 1 aromatic rings. The lowest BCUT2D eigenvalue weighted by Gasteiger charge is -2.27. The first-order chi connectivity index (χ1) is 7.74. The largest absolute Gasteiger partial charge is 0.374 e. The summed E-state index contributed by atoms with van der Waals surface area (Å²) in [7, 11) is 0. The van der Waals surface area contributed by atoms with E-state index in [-0.39, 0.29) is 5.82 Å². The number of rotatable bonds is 2. The summed E-state index contributed by atoms with van der Waals surface area (Å²) >= 11 is 0. The maximum absolute atomic E-state index is 10.5. The molecule has 0 unspecified atom stereocenters. The van der Waals surface area contributed by atoms with Crippen molar-refractivity contribution < 1.29 is 9.66 Å². The molecule has 3 rings (SSSR count). The Labute approximate surface area is 92.0 Å². The molecule has 84 valence electrons. The van der Waals surface area contributed by atoms with Gasteiger partial charge in [-0.3, -0.25) is 0 Å². The maximum Gasteiger partial charge on any atom is 0.363 e. The van der Waals surface area contributed by atoms with Gasteiger partial charge < -0.3 is 19.8 Å². The molecular weight excluding hydrogens is 210 g/mol. The molecule has 2 atom stereocenters. The van der Waals surface area contributed by atoms with E-state index >= 15 is 0 Å². The van der Waals surface area contributed by atoms with Crippen molar-refractivity contribution in [3.63, 3.8) is 0 Å². The third-order valence-electron chi connectivity index (χ3n) is 3.15. The highest BCUT2D eigenvalue weighted by molar-refractivity contribution is 5.49. The van der Waals surface area contributed by atoms with Crippen LogP contribution in [0.3, 0.4) is 0 Å². The normalized spacial score (nSPS) is 27.4. The Morgan fingerprint density at radius 3 is 2.94 bits per heavy atom. The average molecular weight is 221 g/mol. The average Bonchev–Trinajstić information content (AvgIpc) is 2.91. The molecule has 6 heteroatoms. The third-order valence-corrected chi connectivity index (χ3v) is 3.15. The number of anilines is 1. The summed E-state index contributed by atoms with van der Waals surface area (Å²) in [6.07, 6.45) is 2.94. The van der Waals surface area contributed by atoms with Crippen molar-refractivity contribution in [2.75, 3.05) is 18.1 Å². The number of fused-ring (bicyclic) bond motifs is 2. The summed E-state index contributed by atoms with van der Waals surface area (Å²) in [5.41, 5.74) is 0.946. The Hall–Kier alpha value is -1.69. The summed E-state index contributed by atoms with van der Waals surface area (Å²) < 4.78 is 5.50. The molecule has 0 aliphatic carbocycles. The predicted molar refractivity (Wildman–Crippen MR) is 56.4 cm³/mol. The van der Waals surface area contributed by atoms with Crippen LogP contribution in [0.4, 0.5) is 11.5 Å². The van der Waals surface area contributed by atoms with E-state index in [0.29, 0.717) is 12.1 Å². The van der Waals surface area contributed by atoms with Gasteiger partial charge in [-0.25, -0.2) is 0 Å². The Balaban J connectivity index is 1.82. The minimum Gasteiger partial charge on any atom is -0.374 e. The molecule has 2 fully saturated rings. The number of nitro groups is 1. The van der Waals surface area contributed by atoms with Gasteiger partial charge in [0.15, 0.2) is 6.20 Å². The van der Waals surface area contributed by atoms with E-state index < -0.39 is 4.92 Å². The molecule has 0 N–H and O–H groups in total. The van der Waals surface area contributed by atoms with E-state index in [2.05, 4.69) is 9.88 Å². The van der Waals surface area contributed by atoms with Crippen molar-refractivity contribution in [2.24, 2.45) is 0 Å². The van der Waals surface area contributed by atoms with Crippen LogP contribution in [0.25, 0.3) is 0 Å². The van der Waals surface area contributed by atoms with Crippen molar-refractivity contribution in [1.29, 1.82) is 0 Å². The Kier molecular flexibility index (Phi) is 2.03. The fourth-order valence-electron chi connectivity index (χ4n) is 2.37. The lowest BCUT2D eigenvalue weighted by Crippen LogP contribution is -2.36. The zero-order valence-electron chi connectivity index (χ0n) is 8.57. The zero-order chi connectivity index (χ0) is 11.1. The minimum atomic E-state index is -0.483. The molecule has 3 heterocycles. The highest BCUT2D eigenvalue weighted by atomic mass is 16.6. The standard InChI is InChI=1S/C10H11N3O3/c14-13(15)10-2-1-7(4-11-10)12-5-9-3-8(12)6-16-9/h1-2,4,8-9H,3,5-6H2/t8-,9-/m1/s1. The van der Waals surface area contributed by atoms with Crippen LogP contribution in [0.5, 0.6) is 0 Å². The van der Waals surface area contributed by atoms with Gasteiger partial charge in [0.25, 0.3) is 0 Å². The number of hydrogen-bond acceptors (Lipinski definition) is 5. The van der Waals surface area contributed by atoms with Crippen LogP contribution in [-0.2, 0) is 4.74 Å². The first-order valence-corrected chi connectivity index (χ1v) is 5.23. The highest BCUT2D eigenvalue weighted by Gasteiger charge is 2.39. The number of pyridine rings is 1. The van der Waals surface area contributed by atoms with E-state index in [1.165, 1.54) is 6.07 Å². The molecule has 16 heavy (non-hydrogen) atoms. The van der Waals surface area contributed by atoms with Crippen LogP contribution in [-0.4, -0.2) is 35.2 Å². The third kappa shape index (κ3) is 1.42. The highest BCUT2D eigenvalue weighted by Crippen LogP contribution is 2.32. The monoisotopic (exact) mass is 221 g/mol. The maximum atomic E-state index is 10.5. The Bertz CT molecular complexity index is 420. The van der Waals surface area contributed by atoms with E-state index in [9.17, 15) is 10.1 Å². The van der Waals surface area contributed by atoms with Crippen molar-refractivity contribution in [1.82, 2.24) is 4.98 Å². The van der Waals surface area contributed by atoms with Crippen LogP contribution in [0.2, 0.25) is 0 Å². The van der Waals surface area contributed by atoms with Crippen LogP contribution in [0, 0.1) is 10.1 Å². The lowest BCUT2D eigenvalue weighted by molar-refractivity contribution is -0.389. The second-order valence-corrected chi connectivity index (χ2v) is 4.13. The van der Waals surface area contributed by atoms with Gasteiger partial charge in [0, 0.05) is 12.6 Å². The predicted octanol–water partition coefficient (Wildman–Crippen LogP) is 0.967. The summed E-state index contributed by atoms with van der Waals surface area (Å²) in [5.74, 6) is -0.107. The quantitative estimate of drug-likeness (QED) is 0.549. The molecule has 0 spiro atoms. The summed E-state index contributed by atoms with van der Waals surface area (Å²) in [4.78, 5) is 16.0. The topological polar surface area (TPSA) is 68.5 Å². The van der Waals surface area contributed by atoms with Gasteiger partial charge >= 0.3 is 5.82 Å². The molecule has 0 aromatic carbocycles. The zero-order valence-corrected chi connectivity index (χ0v) is 8.57. The van der Waals surface area contributed by atoms with Crippen LogP contribution >= 0.6 is 0 Å². The molecule has 2 bridgehead atoms. The molecule has 2 saturated heterocycles. The number of hydrogen-bond donors (Lipinski definition) is 0. The number of aromatic nitrogens is 1. The molecule has 0 radical (unpaired) electrons. The Morgan fingerprint density at radius 2 is 2.44 bits per heavy atom. The van der Waals surface area contributed by atoms with Gasteiger partial charge in [0.1, 0.15) is 0 Å². The number of nitrogens with zero attached hydrogens (tertiary/aromatic N) is 3. The summed E-state index contributed by atoms with van der Waals surface area (Å²) in [6, 6.07) is 3.61. The Morgan fingerprint density at radius 1 is 1.56 bits per heavy atom. The molecule has 0 amide bonds. The molecule has 0 saturated carbocycles. The van der Waals surface area contributed by atoms with Crippen LogP contribution in [0.1, 0.15) is 6.42 Å². The fourth-order valence-corrected chi connectivity index (χ4v) is 2.37. The fraction of sp³-hybridized carbons (Fsp3) is 0.500. The van der Waals surface area contributed by atoms with Crippen molar-refractivity contribution >= 4 is 11.5 Å². The molecule has 2 aliphatic rings. The first-order valence-electron chi connectivity index (χ1n) is 5.23.